The number of hydrogen-bond donors (Lipinski definition) is 3. The maximum Gasteiger partial charge on any atom is 0.213 e. The van der Waals surface area contributed by atoms with Gasteiger partial charge in [-0.05, 0) is 43.2 Å². The molecule has 0 radical (unpaired) electrons. The van der Waals surface area contributed by atoms with Gasteiger partial charge in [0.05, 0.1) is 19.4 Å². The van der Waals surface area contributed by atoms with Crippen molar-refractivity contribution in [2.24, 2.45) is 4.99 Å². The maximum absolute atomic E-state index is 10.6. The number of pyridine rings is 1. The fourth-order valence-corrected chi connectivity index (χ4v) is 2.80. The summed E-state index contributed by atoms with van der Waals surface area (Å²) in [4.78, 5) is 8.87. The highest BCUT2D eigenvalue weighted by molar-refractivity contribution is 5.79. The number of ether oxygens (including phenoxy) is 1. The molecular formula is C23H28N4O3. The van der Waals surface area contributed by atoms with Crippen LogP contribution in [-0.4, -0.2) is 29.1 Å². The number of furan rings is 1. The van der Waals surface area contributed by atoms with E-state index in [2.05, 4.69) is 20.6 Å². The van der Waals surface area contributed by atoms with E-state index in [0.29, 0.717) is 37.3 Å². The van der Waals surface area contributed by atoms with Gasteiger partial charge in [-0.25, -0.2) is 9.98 Å². The fourth-order valence-electron chi connectivity index (χ4n) is 2.80. The van der Waals surface area contributed by atoms with Gasteiger partial charge in [-0.3, -0.25) is 0 Å². The van der Waals surface area contributed by atoms with E-state index in [0.717, 1.165) is 11.1 Å². The minimum absolute atomic E-state index is 0.258. The lowest BCUT2D eigenvalue weighted by Crippen LogP contribution is -2.44. The molecule has 7 nitrogen and oxygen atoms in total. The second-order valence-electron chi connectivity index (χ2n) is 7.08. The molecule has 0 saturated carbocycles. The summed E-state index contributed by atoms with van der Waals surface area (Å²) in [5.41, 5.74) is 0.919. The molecule has 1 aromatic carbocycles. The van der Waals surface area contributed by atoms with Crippen molar-refractivity contribution in [1.82, 2.24) is 15.6 Å². The van der Waals surface area contributed by atoms with Crippen LogP contribution in [-0.2, 0) is 18.8 Å². The van der Waals surface area contributed by atoms with Gasteiger partial charge in [-0.1, -0.05) is 30.3 Å². The summed E-state index contributed by atoms with van der Waals surface area (Å²) >= 11 is 0. The number of aliphatic hydroxyl groups is 1. The number of nitrogens with one attached hydrogen (secondary N) is 2. The Labute approximate surface area is 176 Å². The molecule has 0 amide bonds. The Hall–Kier alpha value is -3.32. The average molecular weight is 409 g/mol. The van der Waals surface area contributed by atoms with E-state index in [1.165, 1.54) is 0 Å². The van der Waals surface area contributed by atoms with Crippen molar-refractivity contribution < 1.29 is 14.3 Å². The quantitative estimate of drug-likeness (QED) is 0.372. The molecule has 2 heterocycles. The van der Waals surface area contributed by atoms with Crippen molar-refractivity contribution in [2.45, 2.75) is 32.6 Å². The van der Waals surface area contributed by atoms with Crippen LogP contribution in [0.3, 0.4) is 0 Å². The Morgan fingerprint density at radius 3 is 2.70 bits per heavy atom. The number of guanidine groups is 1. The van der Waals surface area contributed by atoms with Gasteiger partial charge in [0.25, 0.3) is 0 Å². The smallest absolute Gasteiger partial charge is 0.213 e. The molecule has 0 aliphatic heterocycles. The van der Waals surface area contributed by atoms with Crippen LogP contribution in [0.4, 0.5) is 0 Å². The molecule has 0 aliphatic rings. The minimum Gasteiger partial charge on any atom is -0.473 e. The summed E-state index contributed by atoms with van der Waals surface area (Å²) in [6.07, 6.45) is 3.26. The predicted molar refractivity (Wildman–Crippen MR) is 116 cm³/mol. The summed E-state index contributed by atoms with van der Waals surface area (Å²) in [7, 11) is 0. The van der Waals surface area contributed by atoms with Crippen LogP contribution in [0.2, 0.25) is 0 Å². The van der Waals surface area contributed by atoms with Crippen LogP contribution >= 0.6 is 0 Å². The molecule has 158 valence electrons. The van der Waals surface area contributed by atoms with E-state index in [1.54, 1.807) is 31.5 Å². The SMILES string of the molecule is CCNC(=NCc1ccnc(OCc2ccccc2)c1)NCC(C)(O)c1ccco1. The van der Waals surface area contributed by atoms with Gasteiger partial charge in [0, 0.05) is 18.8 Å². The van der Waals surface area contributed by atoms with Gasteiger partial charge in [0.15, 0.2) is 5.96 Å². The lowest BCUT2D eigenvalue weighted by molar-refractivity contribution is 0.0386. The Kier molecular flexibility index (Phi) is 7.45. The first-order valence-corrected chi connectivity index (χ1v) is 9.97. The molecule has 3 N–H and O–H groups in total. The molecule has 0 aliphatic carbocycles. The molecule has 0 saturated heterocycles. The Bertz CT molecular complexity index is 925. The van der Waals surface area contributed by atoms with Crippen molar-refractivity contribution in [2.75, 3.05) is 13.1 Å². The zero-order valence-corrected chi connectivity index (χ0v) is 17.3. The van der Waals surface area contributed by atoms with Crippen LogP contribution < -0.4 is 15.4 Å². The zero-order chi connectivity index (χ0) is 21.2. The molecule has 0 spiro atoms. The highest BCUT2D eigenvalue weighted by Crippen LogP contribution is 2.19. The molecule has 0 bridgehead atoms. The standard InChI is InChI=1S/C23H28N4O3/c1-3-24-22(27-17-23(2,28)20-10-7-13-29-20)26-15-19-11-12-25-21(14-19)30-16-18-8-5-4-6-9-18/h4-14,28H,3,15-17H2,1-2H3,(H2,24,26,27). The van der Waals surface area contributed by atoms with Crippen molar-refractivity contribution in [1.29, 1.82) is 0 Å². The number of hydrogen-bond acceptors (Lipinski definition) is 5. The molecular weight excluding hydrogens is 380 g/mol. The van der Waals surface area contributed by atoms with Gasteiger partial charge in [-0.15, -0.1) is 0 Å². The van der Waals surface area contributed by atoms with Gasteiger partial charge in [0.2, 0.25) is 5.88 Å². The average Bonchev–Trinajstić information content (AvgIpc) is 3.31. The Morgan fingerprint density at radius 2 is 1.97 bits per heavy atom. The van der Waals surface area contributed by atoms with Crippen molar-refractivity contribution >= 4 is 5.96 Å². The van der Waals surface area contributed by atoms with E-state index in [4.69, 9.17) is 9.15 Å². The van der Waals surface area contributed by atoms with Crippen molar-refractivity contribution in [3.8, 4) is 5.88 Å². The highest BCUT2D eigenvalue weighted by atomic mass is 16.5. The lowest BCUT2D eigenvalue weighted by atomic mass is 10.0. The molecule has 30 heavy (non-hydrogen) atoms. The molecule has 1 unspecified atom stereocenters. The van der Waals surface area contributed by atoms with E-state index < -0.39 is 5.60 Å². The third kappa shape index (κ3) is 6.35. The number of benzene rings is 1. The minimum atomic E-state index is -1.14. The van der Waals surface area contributed by atoms with Crippen LogP contribution in [0.15, 0.2) is 76.5 Å². The zero-order valence-electron chi connectivity index (χ0n) is 17.3. The van der Waals surface area contributed by atoms with E-state index in [-0.39, 0.29) is 6.54 Å². The summed E-state index contributed by atoms with van der Waals surface area (Å²) in [6, 6.07) is 17.3. The van der Waals surface area contributed by atoms with E-state index >= 15 is 0 Å². The van der Waals surface area contributed by atoms with E-state index in [9.17, 15) is 5.11 Å². The summed E-state index contributed by atoms with van der Waals surface area (Å²) in [5, 5.41) is 16.9. The largest absolute Gasteiger partial charge is 0.473 e. The van der Waals surface area contributed by atoms with E-state index in [1.807, 2.05) is 49.4 Å². The number of nitrogens with zero attached hydrogens (tertiary/aromatic N) is 2. The van der Waals surface area contributed by atoms with Crippen LogP contribution in [0.5, 0.6) is 5.88 Å². The first kappa shape index (κ1) is 21.4. The Morgan fingerprint density at radius 1 is 1.13 bits per heavy atom. The lowest BCUT2D eigenvalue weighted by Gasteiger charge is -2.22. The van der Waals surface area contributed by atoms with Gasteiger partial charge in [-0.2, -0.15) is 0 Å². The Balaban J connectivity index is 1.58. The molecule has 3 rings (SSSR count). The maximum atomic E-state index is 10.6. The number of aliphatic imine (C=N–C) groups is 1. The first-order chi connectivity index (χ1) is 14.6. The monoisotopic (exact) mass is 408 g/mol. The normalized spacial score (nSPS) is 13.5. The molecule has 0 fully saturated rings. The summed E-state index contributed by atoms with van der Waals surface area (Å²) < 4.78 is 11.1. The second-order valence-corrected chi connectivity index (χ2v) is 7.08. The van der Waals surface area contributed by atoms with Crippen LogP contribution in [0, 0.1) is 0 Å². The topological polar surface area (TPSA) is 91.9 Å². The number of aromatic nitrogens is 1. The van der Waals surface area contributed by atoms with Crippen molar-refractivity contribution in [3.05, 3.63) is 83.9 Å². The van der Waals surface area contributed by atoms with Crippen molar-refractivity contribution in [3.63, 3.8) is 0 Å². The summed E-state index contributed by atoms with van der Waals surface area (Å²) in [5.74, 6) is 1.67. The number of rotatable bonds is 9. The van der Waals surface area contributed by atoms with Crippen LogP contribution in [0.1, 0.15) is 30.7 Å². The molecule has 2 aromatic heterocycles. The highest BCUT2D eigenvalue weighted by Gasteiger charge is 2.26. The van der Waals surface area contributed by atoms with Gasteiger partial charge in [0.1, 0.15) is 18.0 Å². The fraction of sp³-hybridized carbons (Fsp3) is 0.304. The molecule has 1 atom stereocenters. The third-order valence-corrected chi connectivity index (χ3v) is 4.44. The van der Waals surface area contributed by atoms with Gasteiger partial charge < -0.3 is 24.9 Å². The first-order valence-electron chi connectivity index (χ1n) is 9.97. The van der Waals surface area contributed by atoms with Gasteiger partial charge >= 0.3 is 0 Å². The summed E-state index contributed by atoms with van der Waals surface area (Å²) in [6.45, 7) is 5.56. The third-order valence-electron chi connectivity index (χ3n) is 4.44. The predicted octanol–water partition coefficient (Wildman–Crippen LogP) is 3.22. The molecule has 3 aromatic rings. The van der Waals surface area contributed by atoms with Crippen LogP contribution in [0.25, 0.3) is 0 Å². The second kappa shape index (κ2) is 10.5. The molecule has 7 heteroatoms.